The molecular formula is C10H17NO3. The van der Waals surface area contributed by atoms with Crippen LogP contribution in [-0.2, 0) is 14.3 Å². The first-order chi connectivity index (χ1) is 6.76. The number of likely N-dealkylation sites (tertiary alicyclic amines) is 1. The second-order valence-electron chi connectivity index (χ2n) is 3.88. The van der Waals surface area contributed by atoms with Crippen molar-refractivity contribution in [2.45, 2.75) is 32.0 Å². The number of hydrogen-bond donors (Lipinski definition) is 0. The molecule has 0 aromatic heterocycles. The van der Waals surface area contributed by atoms with Gasteiger partial charge in [0.05, 0.1) is 19.8 Å². The third kappa shape index (κ3) is 1.77. The molecule has 1 amide bonds. The third-order valence-corrected chi connectivity index (χ3v) is 2.89. The Morgan fingerprint density at radius 2 is 2.14 bits per heavy atom. The van der Waals surface area contributed by atoms with Gasteiger partial charge in [0.25, 0.3) is 0 Å². The van der Waals surface area contributed by atoms with Gasteiger partial charge in [-0.2, -0.15) is 0 Å². The van der Waals surface area contributed by atoms with Gasteiger partial charge < -0.3 is 14.4 Å². The summed E-state index contributed by atoms with van der Waals surface area (Å²) in [6, 6.07) is 0. The van der Waals surface area contributed by atoms with Crippen LogP contribution in [0.3, 0.4) is 0 Å². The Kier molecular flexibility index (Phi) is 2.74. The summed E-state index contributed by atoms with van der Waals surface area (Å²) in [5.74, 6) is -0.272. The number of amides is 1. The van der Waals surface area contributed by atoms with Gasteiger partial charge in [0.15, 0.2) is 5.79 Å². The molecule has 4 nitrogen and oxygen atoms in total. The van der Waals surface area contributed by atoms with Gasteiger partial charge in [-0.3, -0.25) is 4.79 Å². The van der Waals surface area contributed by atoms with Crippen LogP contribution < -0.4 is 0 Å². The molecule has 0 unspecified atom stereocenters. The number of hydrogen-bond acceptors (Lipinski definition) is 3. The molecule has 2 saturated heterocycles. The molecule has 4 heteroatoms. The highest BCUT2D eigenvalue weighted by Gasteiger charge is 2.41. The first-order valence-corrected chi connectivity index (χ1v) is 5.31. The van der Waals surface area contributed by atoms with Crippen molar-refractivity contribution in [3.8, 4) is 0 Å². The lowest BCUT2D eigenvalue weighted by molar-refractivity contribution is -0.193. The van der Waals surface area contributed by atoms with E-state index in [1.165, 1.54) is 0 Å². The van der Waals surface area contributed by atoms with Gasteiger partial charge in [0.1, 0.15) is 0 Å². The van der Waals surface area contributed by atoms with Crippen LogP contribution in [0, 0.1) is 0 Å². The number of carbonyl (C=O) groups is 1. The number of nitrogens with zero attached hydrogens (tertiary/aromatic N) is 1. The first-order valence-electron chi connectivity index (χ1n) is 5.31. The van der Waals surface area contributed by atoms with E-state index < -0.39 is 5.79 Å². The minimum Gasteiger partial charge on any atom is -0.346 e. The molecule has 0 bridgehead atoms. The summed E-state index contributed by atoms with van der Waals surface area (Å²) in [5.41, 5.74) is 0. The average Bonchev–Trinajstić information content (AvgIpc) is 2.65. The molecule has 80 valence electrons. The number of piperidine rings is 1. The van der Waals surface area contributed by atoms with Crippen molar-refractivity contribution in [2.75, 3.05) is 26.3 Å². The maximum atomic E-state index is 11.5. The smallest absolute Gasteiger partial charge is 0.222 e. The van der Waals surface area contributed by atoms with Crippen molar-refractivity contribution in [3.63, 3.8) is 0 Å². The summed E-state index contributed by atoms with van der Waals surface area (Å²) >= 11 is 0. The summed E-state index contributed by atoms with van der Waals surface area (Å²) in [6.07, 6.45) is 2.46. The average molecular weight is 199 g/mol. The van der Waals surface area contributed by atoms with Crippen LogP contribution in [0.4, 0.5) is 0 Å². The summed E-state index contributed by atoms with van der Waals surface area (Å²) in [6.45, 7) is 4.67. The lowest BCUT2D eigenvalue weighted by Crippen LogP contribution is -2.50. The normalized spacial score (nSPS) is 25.6. The summed E-state index contributed by atoms with van der Waals surface area (Å²) in [4.78, 5) is 13.4. The number of ether oxygens (including phenoxy) is 2. The van der Waals surface area contributed by atoms with E-state index in [-0.39, 0.29) is 5.91 Å². The highest BCUT2D eigenvalue weighted by molar-refractivity contribution is 5.76. The fraction of sp³-hybridized carbons (Fsp3) is 0.900. The van der Waals surface area contributed by atoms with Crippen molar-refractivity contribution in [2.24, 2.45) is 0 Å². The van der Waals surface area contributed by atoms with Crippen LogP contribution in [0.25, 0.3) is 0 Å². The van der Waals surface area contributed by atoms with Crippen LogP contribution in [0.1, 0.15) is 26.2 Å². The third-order valence-electron chi connectivity index (χ3n) is 2.89. The Bertz CT molecular complexity index is 223. The van der Waals surface area contributed by atoms with E-state index in [2.05, 4.69) is 0 Å². The van der Waals surface area contributed by atoms with Gasteiger partial charge in [0, 0.05) is 19.4 Å². The molecule has 0 aromatic rings. The van der Waals surface area contributed by atoms with E-state index in [9.17, 15) is 4.79 Å². The maximum Gasteiger partial charge on any atom is 0.222 e. The van der Waals surface area contributed by atoms with Crippen LogP contribution in [-0.4, -0.2) is 42.9 Å². The van der Waals surface area contributed by atoms with E-state index in [0.29, 0.717) is 26.2 Å². The minimum absolute atomic E-state index is 0.197. The Labute approximate surface area is 84.2 Å². The Hall–Kier alpha value is -0.610. The summed E-state index contributed by atoms with van der Waals surface area (Å²) < 4.78 is 11.2. The lowest BCUT2D eigenvalue weighted by Gasteiger charge is -2.38. The Balaban J connectivity index is 1.99. The molecule has 0 aliphatic carbocycles. The van der Waals surface area contributed by atoms with E-state index in [1.807, 2.05) is 11.8 Å². The van der Waals surface area contributed by atoms with Crippen molar-refractivity contribution >= 4 is 5.91 Å². The molecule has 14 heavy (non-hydrogen) atoms. The molecule has 2 heterocycles. The van der Waals surface area contributed by atoms with Gasteiger partial charge in [-0.25, -0.2) is 0 Å². The quantitative estimate of drug-likeness (QED) is 0.626. The van der Waals surface area contributed by atoms with Crippen molar-refractivity contribution in [3.05, 3.63) is 0 Å². The van der Waals surface area contributed by atoms with E-state index in [0.717, 1.165) is 19.4 Å². The Morgan fingerprint density at radius 3 is 2.79 bits per heavy atom. The molecule has 0 atom stereocenters. The fourth-order valence-corrected chi connectivity index (χ4v) is 2.16. The highest BCUT2D eigenvalue weighted by atomic mass is 16.7. The maximum absolute atomic E-state index is 11.5. The van der Waals surface area contributed by atoms with Crippen LogP contribution in [0.15, 0.2) is 0 Å². The van der Waals surface area contributed by atoms with Crippen molar-refractivity contribution < 1.29 is 14.3 Å². The SMILES string of the molecule is CCC(=O)N1CCCC2(C1)OCCO2. The second-order valence-corrected chi connectivity index (χ2v) is 3.88. The van der Waals surface area contributed by atoms with Crippen molar-refractivity contribution in [1.29, 1.82) is 0 Å². The highest BCUT2D eigenvalue weighted by Crippen LogP contribution is 2.30. The van der Waals surface area contributed by atoms with Gasteiger partial charge in [-0.1, -0.05) is 6.92 Å². The molecule has 2 aliphatic heterocycles. The summed E-state index contributed by atoms with van der Waals surface area (Å²) in [7, 11) is 0. The van der Waals surface area contributed by atoms with Crippen LogP contribution in [0.2, 0.25) is 0 Å². The number of rotatable bonds is 1. The number of carbonyl (C=O) groups excluding carboxylic acids is 1. The summed E-state index contributed by atoms with van der Waals surface area (Å²) in [5, 5.41) is 0. The van der Waals surface area contributed by atoms with Gasteiger partial charge in [-0.15, -0.1) is 0 Å². The van der Waals surface area contributed by atoms with Crippen LogP contribution >= 0.6 is 0 Å². The predicted octanol–water partition coefficient (Wildman–Crippen LogP) is 0.762. The zero-order chi connectivity index (χ0) is 10.0. The molecule has 2 aliphatic rings. The molecular weight excluding hydrogens is 182 g/mol. The molecule has 0 saturated carbocycles. The zero-order valence-corrected chi connectivity index (χ0v) is 8.62. The van der Waals surface area contributed by atoms with Crippen LogP contribution in [0.5, 0.6) is 0 Å². The van der Waals surface area contributed by atoms with E-state index in [4.69, 9.17) is 9.47 Å². The monoisotopic (exact) mass is 199 g/mol. The zero-order valence-electron chi connectivity index (χ0n) is 8.62. The lowest BCUT2D eigenvalue weighted by atomic mass is 10.0. The predicted molar refractivity (Wildman–Crippen MR) is 50.7 cm³/mol. The van der Waals surface area contributed by atoms with E-state index in [1.54, 1.807) is 0 Å². The first kappa shape index (κ1) is 9.93. The molecule has 2 rings (SSSR count). The van der Waals surface area contributed by atoms with Gasteiger partial charge in [0.2, 0.25) is 5.91 Å². The molecule has 0 radical (unpaired) electrons. The molecule has 2 fully saturated rings. The standard InChI is InChI=1S/C10H17NO3/c1-2-9(12)11-5-3-4-10(8-11)13-6-7-14-10/h2-8H2,1H3. The largest absolute Gasteiger partial charge is 0.346 e. The molecule has 0 N–H and O–H groups in total. The topological polar surface area (TPSA) is 38.8 Å². The second kappa shape index (κ2) is 3.87. The Morgan fingerprint density at radius 1 is 1.43 bits per heavy atom. The fourth-order valence-electron chi connectivity index (χ4n) is 2.16. The van der Waals surface area contributed by atoms with E-state index >= 15 is 0 Å². The molecule has 0 aromatic carbocycles. The van der Waals surface area contributed by atoms with Gasteiger partial charge in [-0.05, 0) is 6.42 Å². The minimum atomic E-state index is -0.469. The molecule has 1 spiro atoms. The van der Waals surface area contributed by atoms with Gasteiger partial charge >= 0.3 is 0 Å². The van der Waals surface area contributed by atoms with Crippen molar-refractivity contribution in [1.82, 2.24) is 4.90 Å².